The number of hydrogen-bond acceptors (Lipinski definition) is 2. The molecule has 1 aromatic carbocycles. The predicted octanol–water partition coefficient (Wildman–Crippen LogP) is 5.33. The molecule has 2 aromatic heterocycles. The molecule has 1 nitrogen and oxygen atoms in total. The molecule has 2 heterocycles. The molecule has 0 aliphatic heterocycles. The number of hydrogen-bond donors (Lipinski definition) is 0. The monoisotopic (exact) mass is 415 g/mol. The van der Waals surface area contributed by atoms with Crippen molar-refractivity contribution in [1.29, 1.82) is 0 Å². The summed E-state index contributed by atoms with van der Waals surface area (Å²) in [4.78, 5) is 6.74. The van der Waals surface area contributed by atoms with Gasteiger partial charge in [0.1, 0.15) is 4.83 Å². The first-order chi connectivity index (χ1) is 8.27. The number of pyridine rings is 1. The third kappa shape index (κ3) is 2.02. The van der Waals surface area contributed by atoms with Gasteiger partial charge < -0.3 is 0 Å². The third-order valence-electron chi connectivity index (χ3n) is 2.52. The van der Waals surface area contributed by atoms with E-state index in [-0.39, 0.29) is 0 Å². The van der Waals surface area contributed by atoms with Crippen LogP contribution in [-0.4, -0.2) is 4.98 Å². The van der Waals surface area contributed by atoms with Crippen LogP contribution in [0.25, 0.3) is 20.7 Å². The first kappa shape index (κ1) is 11.6. The number of thiophene rings is 1. The van der Waals surface area contributed by atoms with E-state index in [0.717, 1.165) is 9.30 Å². The fourth-order valence-corrected chi connectivity index (χ4v) is 4.54. The van der Waals surface area contributed by atoms with Crippen molar-refractivity contribution in [3.05, 3.63) is 50.6 Å². The number of aromatic nitrogens is 1. The maximum atomic E-state index is 4.40. The summed E-state index contributed by atoms with van der Waals surface area (Å²) in [5.41, 5.74) is 1.27. The van der Waals surface area contributed by atoms with Crippen molar-refractivity contribution in [1.82, 2.24) is 4.98 Å². The second-order valence-corrected chi connectivity index (χ2v) is 6.54. The van der Waals surface area contributed by atoms with Crippen LogP contribution in [0.3, 0.4) is 0 Å². The highest BCUT2D eigenvalue weighted by Crippen LogP contribution is 2.42. The quantitative estimate of drug-likeness (QED) is 0.489. The van der Waals surface area contributed by atoms with E-state index in [4.69, 9.17) is 0 Å². The van der Waals surface area contributed by atoms with Crippen molar-refractivity contribution < 1.29 is 0 Å². The molecule has 0 fully saturated rings. The Balaban J connectivity index is 2.32. The van der Waals surface area contributed by atoms with Crippen LogP contribution in [0.5, 0.6) is 0 Å². The van der Waals surface area contributed by atoms with Gasteiger partial charge >= 0.3 is 0 Å². The lowest BCUT2D eigenvalue weighted by Crippen LogP contribution is -1.78. The molecule has 17 heavy (non-hydrogen) atoms. The Labute approximate surface area is 125 Å². The Morgan fingerprint density at radius 2 is 1.94 bits per heavy atom. The summed E-state index contributed by atoms with van der Waals surface area (Å²) >= 11 is 7.79. The zero-order chi connectivity index (χ0) is 11.8. The molecule has 0 N–H and O–H groups in total. The largest absolute Gasteiger partial charge is 0.245 e. The molecule has 0 unspecified atom stereocenters. The molecule has 0 aliphatic carbocycles. The summed E-state index contributed by atoms with van der Waals surface area (Å²) < 4.78 is 2.41. The average Bonchev–Trinajstić information content (AvgIpc) is 2.68. The van der Waals surface area contributed by atoms with E-state index in [0.29, 0.717) is 0 Å². The van der Waals surface area contributed by atoms with Gasteiger partial charge in [-0.2, -0.15) is 0 Å². The Hall–Kier alpha value is -0.460. The van der Waals surface area contributed by atoms with Crippen molar-refractivity contribution >= 4 is 60.1 Å². The Morgan fingerprint density at radius 3 is 2.71 bits per heavy atom. The van der Waals surface area contributed by atoms with Crippen molar-refractivity contribution in [2.45, 2.75) is 0 Å². The van der Waals surface area contributed by atoms with Crippen molar-refractivity contribution in [2.24, 2.45) is 0 Å². The van der Waals surface area contributed by atoms with Crippen LogP contribution in [0, 0.1) is 3.57 Å². The highest BCUT2D eigenvalue weighted by molar-refractivity contribution is 14.1. The topological polar surface area (TPSA) is 12.9 Å². The van der Waals surface area contributed by atoms with Gasteiger partial charge in [0.15, 0.2) is 0 Å². The van der Waals surface area contributed by atoms with Gasteiger partial charge in [-0.3, -0.25) is 0 Å². The molecule has 84 valence electrons. The summed E-state index contributed by atoms with van der Waals surface area (Å²) in [6.45, 7) is 0. The van der Waals surface area contributed by atoms with E-state index in [2.05, 4.69) is 73.8 Å². The normalized spacial score (nSPS) is 10.9. The number of benzene rings is 1. The number of halogens is 2. The Kier molecular flexibility index (Phi) is 3.19. The van der Waals surface area contributed by atoms with E-state index >= 15 is 0 Å². The van der Waals surface area contributed by atoms with Crippen molar-refractivity contribution in [3.63, 3.8) is 0 Å². The number of fused-ring (bicyclic) bond motifs is 1. The molecule has 0 amide bonds. The summed E-state index contributed by atoms with van der Waals surface area (Å²) in [5.74, 6) is 0. The van der Waals surface area contributed by atoms with Gasteiger partial charge in [0.2, 0.25) is 0 Å². The van der Waals surface area contributed by atoms with Gasteiger partial charge in [-0.15, -0.1) is 11.3 Å². The second-order valence-electron chi connectivity index (χ2n) is 3.58. The van der Waals surface area contributed by atoms with Crippen LogP contribution < -0.4 is 0 Å². The lowest BCUT2D eigenvalue weighted by molar-refractivity contribution is 1.44. The minimum absolute atomic E-state index is 1.08. The minimum Gasteiger partial charge on any atom is -0.245 e. The lowest BCUT2D eigenvalue weighted by atomic mass is 10.2. The molecule has 3 rings (SSSR count). The highest BCUT2D eigenvalue weighted by atomic mass is 127. The molecule has 0 saturated heterocycles. The maximum absolute atomic E-state index is 4.40. The summed E-state index contributed by atoms with van der Waals surface area (Å²) in [6.07, 6.45) is 1.84. The van der Waals surface area contributed by atoms with Crippen molar-refractivity contribution in [3.8, 4) is 10.4 Å². The van der Waals surface area contributed by atoms with Crippen LogP contribution in [0.4, 0.5) is 0 Å². The SMILES string of the molecule is Brc1c(-c2ccccc2I)sc2ncccc12. The molecular weight excluding hydrogens is 409 g/mol. The standard InChI is InChI=1S/C13H7BrINS/c14-11-9-5-3-7-16-13(9)17-12(11)8-4-1-2-6-10(8)15/h1-7H. The van der Waals surface area contributed by atoms with Gasteiger partial charge in [0.25, 0.3) is 0 Å². The Morgan fingerprint density at radius 1 is 1.12 bits per heavy atom. The van der Waals surface area contributed by atoms with Gasteiger partial charge in [-0.05, 0) is 56.7 Å². The van der Waals surface area contributed by atoms with Crippen LogP contribution in [0.2, 0.25) is 0 Å². The third-order valence-corrected chi connectivity index (χ3v) is 5.70. The smallest absolute Gasteiger partial charge is 0.124 e. The predicted molar refractivity (Wildman–Crippen MR) is 85.5 cm³/mol. The number of rotatable bonds is 1. The molecule has 4 heteroatoms. The molecule has 0 saturated carbocycles. The molecule has 0 radical (unpaired) electrons. The van der Waals surface area contributed by atoms with Crippen LogP contribution in [0.15, 0.2) is 47.1 Å². The Bertz CT molecular complexity index is 693. The fraction of sp³-hybridized carbons (Fsp3) is 0. The molecular formula is C13H7BrINS. The fourth-order valence-electron chi connectivity index (χ4n) is 1.72. The van der Waals surface area contributed by atoms with Crippen molar-refractivity contribution in [2.75, 3.05) is 0 Å². The maximum Gasteiger partial charge on any atom is 0.124 e. The molecule has 0 spiro atoms. The van der Waals surface area contributed by atoms with E-state index in [1.165, 1.54) is 19.4 Å². The first-order valence-corrected chi connectivity index (χ1v) is 7.74. The lowest BCUT2D eigenvalue weighted by Gasteiger charge is -2.01. The van der Waals surface area contributed by atoms with Crippen LogP contribution in [0.1, 0.15) is 0 Å². The molecule has 0 bridgehead atoms. The van der Waals surface area contributed by atoms with E-state index in [1.54, 1.807) is 11.3 Å². The molecule has 0 aliphatic rings. The summed E-state index contributed by atoms with van der Waals surface area (Å²) in [7, 11) is 0. The second kappa shape index (κ2) is 4.66. The highest BCUT2D eigenvalue weighted by Gasteiger charge is 2.13. The van der Waals surface area contributed by atoms with Gasteiger partial charge in [0.05, 0.1) is 4.88 Å². The molecule has 0 atom stereocenters. The van der Waals surface area contributed by atoms with E-state index < -0.39 is 0 Å². The number of nitrogens with zero attached hydrogens (tertiary/aromatic N) is 1. The van der Waals surface area contributed by atoms with Gasteiger partial charge in [-0.1, -0.05) is 18.2 Å². The van der Waals surface area contributed by atoms with Crippen LogP contribution in [-0.2, 0) is 0 Å². The summed E-state index contributed by atoms with van der Waals surface area (Å²) in [5, 5.41) is 1.19. The zero-order valence-corrected chi connectivity index (χ0v) is 13.2. The van der Waals surface area contributed by atoms with E-state index in [1.807, 2.05) is 12.3 Å². The van der Waals surface area contributed by atoms with Crippen LogP contribution >= 0.6 is 49.9 Å². The van der Waals surface area contributed by atoms with E-state index in [9.17, 15) is 0 Å². The zero-order valence-electron chi connectivity index (χ0n) is 8.65. The van der Waals surface area contributed by atoms with Gasteiger partial charge in [-0.25, -0.2) is 4.98 Å². The minimum atomic E-state index is 1.08. The average molecular weight is 416 g/mol. The molecule has 3 aromatic rings. The van der Waals surface area contributed by atoms with Gasteiger partial charge in [0, 0.05) is 25.2 Å². The first-order valence-electron chi connectivity index (χ1n) is 5.05. The summed E-state index contributed by atoms with van der Waals surface area (Å²) in [6, 6.07) is 12.5.